The van der Waals surface area contributed by atoms with Crippen molar-refractivity contribution in [3.05, 3.63) is 41.0 Å². The van der Waals surface area contributed by atoms with Crippen molar-refractivity contribution in [2.24, 2.45) is 0 Å². The number of hydrogen-bond donors (Lipinski definition) is 0. The highest BCUT2D eigenvalue weighted by atomic mass is 35.5. The summed E-state index contributed by atoms with van der Waals surface area (Å²) >= 11 is 0. The number of nitriles is 1. The van der Waals surface area contributed by atoms with Gasteiger partial charge in [0.25, 0.3) is 0 Å². The number of anilines is 1. The molecule has 2 aromatic heterocycles. The molecule has 1 saturated carbocycles. The van der Waals surface area contributed by atoms with Crippen LogP contribution in [0.2, 0.25) is 0 Å². The van der Waals surface area contributed by atoms with Crippen LogP contribution in [0.5, 0.6) is 0 Å². The van der Waals surface area contributed by atoms with Gasteiger partial charge in [-0.05, 0) is 49.4 Å². The van der Waals surface area contributed by atoms with Gasteiger partial charge < -0.3 is 4.90 Å². The van der Waals surface area contributed by atoms with E-state index in [-0.39, 0.29) is 12.4 Å². The Morgan fingerprint density at radius 1 is 1.10 bits per heavy atom. The van der Waals surface area contributed by atoms with Gasteiger partial charge in [0.15, 0.2) is 5.65 Å². The van der Waals surface area contributed by atoms with Gasteiger partial charge in [0.1, 0.15) is 11.9 Å². The van der Waals surface area contributed by atoms with Gasteiger partial charge in [0.05, 0.1) is 16.6 Å². The quantitative estimate of drug-likeness (QED) is 0.611. The summed E-state index contributed by atoms with van der Waals surface area (Å²) in [6.45, 7) is 8.62. The number of halogens is 1. The summed E-state index contributed by atoms with van der Waals surface area (Å²) in [6.07, 6.45) is 6.43. The van der Waals surface area contributed by atoms with E-state index in [1.807, 2.05) is 12.1 Å². The fourth-order valence-corrected chi connectivity index (χ4v) is 5.49. The van der Waals surface area contributed by atoms with Gasteiger partial charge >= 0.3 is 0 Å². The van der Waals surface area contributed by atoms with Crippen molar-refractivity contribution >= 4 is 34.9 Å². The van der Waals surface area contributed by atoms with Gasteiger partial charge in [0.2, 0.25) is 0 Å². The summed E-state index contributed by atoms with van der Waals surface area (Å²) in [5.74, 6) is 1.25. The zero-order valence-electron chi connectivity index (χ0n) is 17.9. The molecule has 0 amide bonds. The van der Waals surface area contributed by atoms with Crippen LogP contribution in [0, 0.1) is 18.3 Å². The maximum atomic E-state index is 9.90. The number of imidazole rings is 1. The molecule has 1 aliphatic heterocycles. The second-order valence-electron chi connectivity index (χ2n) is 8.49. The minimum absolute atomic E-state index is 0. The molecule has 1 saturated heterocycles. The Morgan fingerprint density at radius 2 is 1.80 bits per heavy atom. The number of piperazine rings is 1. The van der Waals surface area contributed by atoms with Crippen LogP contribution >= 0.6 is 12.4 Å². The summed E-state index contributed by atoms with van der Waals surface area (Å²) in [7, 11) is 0. The van der Waals surface area contributed by atoms with Crippen LogP contribution in [0.1, 0.15) is 49.3 Å². The van der Waals surface area contributed by atoms with E-state index >= 15 is 0 Å². The highest BCUT2D eigenvalue weighted by molar-refractivity contribution is 5.86. The first-order valence-corrected chi connectivity index (χ1v) is 11.0. The second kappa shape index (κ2) is 8.45. The number of hydrogen-bond acceptors (Lipinski definition) is 4. The predicted octanol–water partition coefficient (Wildman–Crippen LogP) is 4.72. The van der Waals surface area contributed by atoms with Crippen LogP contribution < -0.4 is 4.90 Å². The smallest absolute Gasteiger partial charge is 0.157 e. The number of fused-ring (bicyclic) bond motifs is 3. The molecule has 3 aromatic rings. The number of benzene rings is 1. The number of para-hydroxylation sites is 2. The molecule has 30 heavy (non-hydrogen) atoms. The predicted molar refractivity (Wildman–Crippen MR) is 125 cm³/mol. The highest BCUT2D eigenvalue weighted by Gasteiger charge is 2.29. The van der Waals surface area contributed by atoms with Crippen molar-refractivity contribution in [1.29, 1.82) is 5.26 Å². The topological polar surface area (TPSA) is 47.6 Å². The summed E-state index contributed by atoms with van der Waals surface area (Å²) in [5, 5.41) is 9.90. The molecule has 3 heterocycles. The van der Waals surface area contributed by atoms with E-state index in [0.717, 1.165) is 60.9 Å². The summed E-state index contributed by atoms with van der Waals surface area (Å²) in [5.41, 5.74) is 5.95. The molecule has 0 unspecified atom stereocenters. The number of pyridine rings is 1. The first-order chi connectivity index (χ1) is 14.2. The summed E-state index contributed by atoms with van der Waals surface area (Å²) < 4.78 is 2.25. The third-order valence-corrected chi connectivity index (χ3v) is 7.01. The van der Waals surface area contributed by atoms with Crippen molar-refractivity contribution in [3.8, 4) is 6.07 Å². The monoisotopic (exact) mass is 423 g/mol. The van der Waals surface area contributed by atoms with Crippen LogP contribution in [0.3, 0.4) is 0 Å². The molecule has 1 aromatic carbocycles. The molecule has 0 spiro atoms. The SMILES string of the molecule is CCc1c(C)c(C#N)c2nc3ccccc3n2c1N1CCN(C2CCCC2)CC1.Cl. The Hall–Kier alpha value is -2.29. The Morgan fingerprint density at radius 3 is 2.47 bits per heavy atom. The first kappa shape index (κ1) is 21.0. The molecule has 6 heteroatoms. The lowest BCUT2D eigenvalue weighted by atomic mass is 10.0. The molecule has 1 aliphatic carbocycles. The average Bonchev–Trinajstić information content (AvgIpc) is 3.41. The van der Waals surface area contributed by atoms with Crippen molar-refractivity contribution in [2.45, 2.75) is 52.0 Å². The van der Waals surface area contributed by atoms with Crippen LogP contribution in [0.25, 0.3) is 16.7 Å². The fraction of sp³-hybridized carbons (Fsp3) is 0.500. The normalized spacial score (nSPS) is 18.1. The van der Waals surface area contributed by atoms with Gasteiger partial charge in [-0.3, -0.25) is 9.30 Å². The average molecular weight is 424 g/mol. The van der Waals surface area contributed by atoms with Crippen molar-refractivity contribution < 1.29 is 0 Å². The standard InChI is InChI=1S/C24H29N5.ClH/c1-3-19-17(2)20(16-25)23-26-21-10-6-7-11-22(21)29(23)24(19)28-14-12-27(13-15-28)18-8-4-5-9-18;/h6-7,10-11,18H,3-5,8-9,12-15H2,1-2H3;1H. The summed E-state index contributed by atoms with van der Waals surface area (Å²) in [4.78, 5) is 10.1. The zero-order valence-corrected chi connectivity index (χ0v) is 18.7. The van der Waals surface area contributed by atoms with Gasteiger partial charge in [-0.1, -0.05) is 31.9 Å². The van der Waals surface area contributed by atoms with Crippen LogP contribution in [-0.4, -0.2) is 46.5 Å². The maximum Gasteiger partial charge on any atom is 0.157 e. The number of aromatic nitrogens is 2. The molecule has 0 atom stereocenters. The Bertz CT molecular complexity index is 1100. The van der Waals surface area contributed by atoms with E-state index in [9.17, 15) is 5.26 Å². The summed E-state index contributed by atoms with van der Waals surface area (Å²) in [6, 6.07) is 11.5. The van der Waals surface area contributed by atoms with Gasteiger partial charge in [-0.15, -0.1) is 12.4 Å². The highest BCUT2D eigenvalue weighted by Crippen LogP contribution is 2.34. The van der Waals surface area contributed by atoms with Crippen LogP contribution in [0.15, 0.2) is 24.3 Å². The molecular weight excluding hydrogens is 394 g/mol. The van der Waals surface area contributed by atoms with E-state index < -0.39 is 0 Å². The van der Waals surface area contributed by atoms with Gasteiger partial charge in [0, 0.05) is 32.2 Å². The second-order valence-corrected chi connectivity index (χ2v) is 8.49. The lowest BCUT2D eigenvalue weighted by Gasteiger charge is -2.40. The molecular formula is C24H30ClN5. The van der Waals surface area contributed by atoms with Crippen molar-refractivity contribution in [1.82, 2.24) is 14.3 Å². The maximum absolute atomic E-state index is 9.90. The third kappa shape index (κ3) is 3.23. The van der Waals surface area contributed by atoms with E-state index in [1.54, 1.807) is 0 Å². The molecule has 0 radical (unpaired) electrons. The van der Waals surface area contributed by atoms with Crippen molar-refractivity contribution in [2.75, 3.05) is 31.1 Å². The Balaban J connectivity index is 0.00000218. The van der Waals surface area contributed by atoms with E-state index in [4.69, 9.17) is 4.98 Å². The van der Waals surface area contributed by atoms with E-state index in [2.05, 4.69) is 46.2 Å². The molecule has 2 fully saturated rings. The van der Waals surface area contributed by atoms with E-state index in [1.165, 1.54) is 37.1 Å². The Labute approximate surface area is 184 Å². The largest absolute Gasteiger partial charge is 0.355 e. The minimum Gasteiger partial charge on any atom is -0.355 e. The van der Waals surface area contributed by atoms with Gasteiger partial charge in [-0.2, -0.15) is 5.26 Å². The molecule has 0 bridgehead atoms. The zero-order chi connectivity index (χ0) is 20.0. The lowest BCUT2D eigenvalue weighted by molar-refractivity contribution is 0.187. The van der Waals surface area contributed by atoms with Crippen molar-refractivity contribution in [3.63, 3.8) is 0 Å². The molecule has 5 nitrogen and oxygen atoms in total. The minimum atomic E-state index is 0. The van der Waals surface area contributed by atoms with Crippen LogP contribution in [0.4, 0.5) is 5.82 Å². The number of nitrogens with zero attached hydrogens (tertiary/aromatic N) is 5. The number of rotatable bonds is 3. The molecule has 5 rings (SSSR count). The van der Waals surface area contributed by atoms with E-state index in [0.29, 0.717) is 5.56 Å². The lowest BCUT2D eigenvalue weighted by Crippen LogP contribution is -2.50. The molecule has 2 aliphatic rings. The first-order valence-electron chi connectivity index (χ1n) is 11.0. The van der Waals surface area contributed by atoms with Crippen LogP contribution in [-0.2, 0) is 6.42 Å². The molecule has 0 N–H and O–H groups in total. The fourth-order valence-electron chi connectivity index (χ4n) is 5.49. The van der Waals surface area contributed by atoms with Gasteiger partial charge in [-0.25, -0.2) is 4.98 Å². The Kier molecular flexibility index (Phi) is 5.90. The molecule has 158 valence electrons. The third-order valence-electron chi connectivity index (χ3n) is 7.01.